The summed E-state index contributed by atoms with van der Waals surface area (Å²) in [6.45, 7) is 2.67. The third kappa shape index (κ3) is 3.19. The molecule has 0 atom stereocenters. The second-order valence-corrected chi connectivity index (χ2v) is 6.91. The largest absolute Gasteiger partial charge is 0.347 e. The van der Waals surface area contributed by atoms with Crippen LogP contribution >= 0.6 is 11.3 Å². The van der Waals surface area contributed by atoms with Gasteiger partial charge in [0.05, 0.1) is 25.3 Å². The van der Waals surface area contributed by atoms with Crippen molar-refractivity contribution in [1.29, 1.82) is 0 Å². The molecule has 2 fully saturated rings. The summed E-state index contributed by atoms with van der Waals surface area (Å²) in [5, 5.41) is 2.85. The molecular weight excluding hydrogens is 326 g/mol. The van der Waals surface area contributed by atoms with Gasteiger partial charge in [-0.3, -0.25) is 9.78 Å². The Bertz CT molecular complexity index is 703. The van der Waals surface area contributed by atoms with Gasteiger partial charge in [0, 0.05) is 49.3 Å². The third-order valence-corrected chi connectivity index (χ3v) is 5.42. The first-order chi connectivity index (χ1) is 11.7. The lowest BCUT2D eigenvalue weighted by atomic mass is 10.0. The number of hydrogen-bond donors (Lipinski definition) is 0. The van der Waals surface area contributed by atoms with Crippen molar-refractivity contribution in [2.75, 3.05) is 26.3 Å². The Hall–Kier alpha value is -1.83. The maximum atomic E-state index is 12.5. The first-order valence-electron chi connectivity index (χ1n) is 8.15. The minimum atomic E-state index is -0.440. The molecule has 1 spiro atoms. The molecule has 0 unspecified atom stereocenters. The zero-order valence-electron chi connectivity index (χ0n) is 13.3. The summed E-state index contributed by atoms with van der Waals surface area (Å²) in [6, 6.07) is 3.86. The SMILES string of the molecule is O=C(Cc1csc(-c2cccnc2)n1)N1CCC2(CC1)OCCO2. The van der Waals surface area contributed by atoms with Gasteiger partial charge < -0.3 is 14.4 Å². The zero-order chi connectivity index (χ0) is 16.4. The van der Waals surface area contributed by atoms with E-state index in [4.69, 9.17) is 9.47 Å². The number of pyridine rings is 1. The second kappa shape index (κ2) is 6.58. The molecule has 6 nitrogen and oxygen atoms in total. The van der Waals surface area contributed by atoms with Crippen LogP contribution in [0.5, 0.6) is 0 Å². The number of amides is 1. The lowest BCUT2D eigenvalue weighted by Crippen LogP contribution is -2.47. The third-order valence-electron chi connectivity index (χ3n) is 4.48. The van der Waals surface area contributed by atoms with Crippen molar-refractivity contribution in [2.45, 2.75) is 25.0 Å². The molecule has 2 aromatic heterocycles. The number of piperidine rings is 1. The smallest absolute Gasteiger partial charge is 0.228 e. The molecule has 2 saturated heterocycles. The number of aromatic nitrogens is 2. The van der Waals surface area contributed by atoms with Crippen LogP contribution in [0.3, 0.4) is 0 Å². The maximum absolute atomic E-state index is 12.5. The predicted molar refractivity (Wildman–Crippen MR) is 89.5 cm³/mol. The summed E-state index contributed by atoms with van der Waals surface area (Å²) in [5.41, 5.74) is 1.80. The van der Waals surface area contributed by atoms with Gasteiger partial charge in [-0.2, -0.15) is 0 Å². The number of ether oxygens (including phenoxy) is 2. The number of hydrogen-bond acceptors (Lipinski definition) is 6. The zero-order valence-corrected chi connectivity index (χ0v) is 14.1. The van der Waals surface area contributed by atoms with Crippen LogP contribution in [0.4, 0.5) is 0 Å². The van der Waals surface area contributed by atoms with E-state index in [-0.39, 0.29) is 5.91 Å². The number of likely N-dealkylation sites (tertiary alicyclic amines) is 1. The van der Waals surface area contributed by atoms with Crippen molar-refractivity contribution in [3.8, 4) is 10.6 Å². The highest BCUT2D eigenvalue weighted by atomic mass is 32.1. The van der Waals surface area contributed by atoms with E-state index >= 15 is 0 Å². The van der Waals surface area contributed by atoms with Gasteiger partial charge in [-0.1, -0.05) is 0 Å². The van der Waals surface area contributed by atoms with Crippen LogP contribution in [0.25, 0.3) is 10.6 Å². The second-order valence-electron chi connectivity index (χ2n) is 6.05. The molecule has 7 heteroatoms. The van der Waals surface area contributed by atoms with Crippen molar-refractivity contribution in [1.82, 2.24) is 14.9 Å². The van der Waals surface area contributed by atoms with Crippen molar-refractivity contribution < 1.29 is 14.3 Å². The standard InChI is InChI=1S/C17H19N3O3S/c21-15(20-6-3-17(4-7-20)22-8-9-23-17)10-14-12-24-16(19-14)13-2-1-5-18-11-13/h1-2,5,11-12H,3-4,6-10H2. The van der Waals surface area contributed by atoms with Gasteiger partial charge >= 0.3 is 0 Å². The predicted octanol–water partition coefficient (Wildman–Crippen LogP) is 2.11. The fourth-order valence-electron chi connectivity index (χ4n) is 3.16. The Morgan fingerprint density at radius 2 is 2.08 bits per heavy atom. The van der Waals surface area contributed by atoms with Crippen molar-refractivity contribution in [2.24, 2.45) is 0 Å². The van der Waals surface area contributed by atoms with E-state index in [1.807, 2.05) is 22.4 Å². The average molecular weight is 345 g/mol. The monoisotopic (exact) mass is 345 g/mol. The highest BCUT2D eigenvalue weighted by Crippen LogP contribution is 2.31. The van der Waals surface area contributed by atoms with E-state index in [0.717, 1.165) is 29.1 Å². The Morgan fingerprint density at radius 1 is 1.29 bits per heavy atom. The quantitative estimate of drug-likeness (QED) is 0.852. The Balaban J connectivity index is 1.36. The fraction of sp³-hybridized carbons (Fsp3) is 0.471. The van der Waals surface area contributed by atoms with E-state index in [1.54, 1.807) is 23.7 Å². The first-order valence-corrected chi connectivity index (χ1v) is 9.03. The Morgan fingerprint density at radius 3 is 2.79 bits per heavy atom. The molecule has 0 N–H and O–H groups in total. The fourth-order valence-corrected chi connectivity index (χ4v) is 3.97. The van der Waals surface area contributed by atoms with Crippen LogP contribution in [-0.2, 0) is 20.7 Å². The van der Waals surface area contributed by atoms with Crippen LogP contribution in [-0.4, -0.2) is 52.9 Å². The average Bonchev–Trinajstić information content (AvgIpc) is 3.26. The van der Waals surface area contributed by atoms with Gasteiger partial charge in [0.25, 0.3) is 0 Å². The summed E-state index contributed by atoms with van der Waals surface area (Å²) in [4.78, 5) is 23.1. The molecule has 0 saturated carbocycles. The number of carbonyl (C=O) groups is 1. The number of rotatable bonds is 3. The van der Waals surface area contributed by atoms with Crippen LogP contribution in [0, 0.1) is 0 Å². The van der Waals surface area contributed by atoms with Gasteiger partial charge in [-0.15, -0.1) is 11.3 Å². The first kappa shape index (κ1) is 15.7. The molecule has 0 radical (unpaired) electrons. The molecule has 0 aliphatic carbocycles. The minimum absolute atomic E-state index is 0.117. The topological polar surface area (TPSA) is 64.6 Å². The molecule has 126 valence electrons. The van der Waals surface area contributed by atoms with E-state index in [9.17, 15) is 4.79 Å². The minimum Gasteiger partial charge on any atom is -0.347 e. The molecule has 4 heterocycles. The van der Waals surface area contributed by atoms with Gasteiger partial charge in [-0.05, 0) is 12.1 Å². The summed E-state index contributed by atoms with van der Waals surface area (Å²) in [7, 11) is 0. The van der Waals surface area contributed by atoms with Gasteiger partial charge in [0.15, 0.2) is 5.79 Å². The van der Waals surface area contributed by atoms with Gasteiger partial charge in [0.1, 0.15) is 5.01 Å². The number of carbonyl (C=O) groups excluding carboxylic acids is 1. The van der Waals surface area contributed by atoms with Crippen molar-refractivity contribution >= 4 is 17.2 Å². The molecule has 2 aromatic rings. The van der Waals surface area contributed by atoms with Crippen LogP contribution in [0.1, 0.15) is 18.5 Å². The van der Waals surface area contributed by atoms with Crippen LogP contribution in [0.2, 0.25) is 0 Å². The molecule has 2 aliphatic rings. The van der Waals surface area contributed by atoms with E-state index in [1.165, 1.54) is 0 Å². The Kier molecular flexibility index (Phi) is 4.30. The maximum Gasteiger partial charge on any atom is 0.228 e. The van der Waals surface area contributed by atoms with Crippen LogP contribution in [0.15, 0.2) is 29.9 Å². The molecule has 1 amide bonds. The molecule has 0 bridgehead atoms. The van der Waals surface area contributed by atoms with Gasteiger partial charge in [0.2, 0.25) is 5.91 Å². The van der Waals surface area contributed by atoms with E-state index in [2.05, 4.69) is 9.97 Å². The highest BCUT2D eigenvalue weighted by molar-refractivity contribution is 7.13. The summed E-state index contributed by atoms with van der Waals surface area (Å²) in [5.74, 6) is -0.323. The summed E-state index contributed by atoms with van der Waals surface area (Å²) >= 11 is 1.54. The highest BCUT2D eigenvalue weighted by Gasteiger charge is 2.40. The number of nitrogens with zero attached hydrogens (tertiary/aromatic N) is 3. The summed E-state index contributed by atoms with van der Waals surface area (Å²) < 4.78 is 11.4. The molecule has 0 aromatic carbocycles. The molecule has 24 heavy (non-hydrogen) atoms. The number of thiazole rings is 1. The van der Waals surface area contributed by atoms with Crippen molar-refractivity contribution in [3.05, 3.63) is 35.6 Å². The molecular formula is C17H19N3O3S. The molecule has 2 aliphatic heterocycles. The lowest BCUT2D eigenvalue weighted by molar-refractivity contribution is -0.187. The van der Waals surface area contributed by atoms with E-state index in [0.29, 0.717) is 32.7 Å². The lowest BCUT2D eigenvalue weighted by Gasteiger charge is -2.37. The van der Waals surface area contributed by atoms with Gasteiger partial charge in [-0.25, -0.2) is 4.98 Å². The Labute approximate surface area is 144 Å². The normalized spacial score (nSPS) is 19.8. The van der Waals surface area contributed by atoms with Crippen LogP contribution < -0.4 is 0 Å². The van der Waals surface area contributed by atoms with E-state index < -0.39 is 5.79 Å². The summed E-state index contributed by atoms with van der Waals surface area (Å²) in [6.07, 6.45) is 5.36. The van der Waals surface area contributed by atoms with Crippen molar-refractivity contribution in [3.63, 3.8) is 0 Å². The molecule has 4 rings (SSSR count).